The van der Waals surface area contributed by atoms with Gasteiger partial charge in [-0.25, -0.2) is 8.78 Å². The summed E-state index contributed by atoms with van der Waals surface area (Å²) in [4.78, 5) is 3.96. The Morgan fingerprint density at radius 3 is 1.61 bits per heavy atom. The summed E-state index contributed by atoms with van der Waals surface area (Å²) in [5.74, 6) is -0.752. The number of aromatic nitrogens is 1. The highest BCUT2D eigenvalue weighted by atomic mass is 19.1. The van der Waals surface area contributed by atoms with E-state index in [2.05, 4.69) is 4.98 Å². The first-order valence-electron chi connectivity index (χ1n) is 7.21. The van der Waals surface area contributed by atoms with Crippen molar-refractivity contribution in [1.82, 2.24) is 4.98 Å². The fourth-order valence-corrected chi connectivity index (χ4v) is 2.62. The van der Waals surface area contributed by atoms with E-state index in [0.29, 0.717) is 11.1 Å². The minimum atomic E-state index is -1.39. The highest BCUT2D eigenvalue weighted by molar-refractivity contribution is 5.38. The molecule has 1 aromatic heterocycles. The number of rotatable bonds is 4. The van der Waals surface area contributed by atoms with E-state index in [9.17, 15) is 13.9 Å². The third kappa shape index (κ3) is 3.27. The van der Waals surface area contributed by atoms with Crippen LogP contribution in [0.1, 0.15) is 16.7 Å². The van der Waals surface area contributed by atoms with Gasteiger partial charge in [0.15, 0.2) is 0 Å². The van der Waals surface area contributed by atoms with E-state index in [0.717, 1.165) is 5.56 Å². The van der Waals surface area contributed by atoms with Crippen molar-refractivity contribution < 1.29 is 13.9 Å². The topological polar surface area (TPSA) is 33.1 Å². The van der Waals surface area contributed by atoms with Crippen molar-refractivity contribution in [3.63, 3.8) is 0 Å². The van der Waals surface area contributed by atoms with Crippen molar-refractivity contribution in [2.24, 2.45) is 0 Å². The predicted octanol–water partition coefficient (Wildman–Crippen LogP) is 3.84. The van der Waals surface area contributed by atoms with Crippen LogP contribution >= 0.6 is 0 Å². The van der Waals surface area contributed by atoms with Crippen molar-refractivity contribution in [2.45, 2.75) is 12.0 Å². The molecule has 0 saturated carbocycles. The molecule has 1 N–H and O–H groups in total. The summed E-state index contributed by atoms with van der Waals surface area (Å²) in [5, 5.41) is 11.3. The Hall–Kier alpha value is -2.59. The first kappa shape index (κ1) is 15.3. The van der Waals surface area contributed by atoms with E-state index in [4.69, 9.17) is 0 Å². The van der Waals surface area contributed by atoms with Gasteiger partial charge in [0.2, 0.25) is 0 Å². The average Bonchev–Trinajstić information content (AvgIpc) is 2.57. The Kier molecular flexibility index (Phi) is 4.17. The van der Waals surface area contributed by atoms with Crippen molar-refractivity contribution >= 4 is 0 Å². The molecule has 3 aromatic rings. The minimum Gasteiger partial charge on any atom is -0.380 e. The number of benzene rings is 2. The molecule has 0 radical (unpaired) electrons. The predicted molar refractivity (Wildman–Crippen MR) is 83.7 cm³/mol. The summed E-state index contributed by atoms with van der Waals surface area (Å²) in [6.07, 6.45) is 3.56. The molecule has 23 heavy (non-hydrogen) atoms. The number of hydrogen-bond acceptors (Lipinski definition) is 2. The van der Waals surface area contributed by atoms with Gasteiger partial charge >= 0.3 is 0 Å². The van der Waals surface area contributed by atoms with Gasteiger partial charge in [0.25, 0.3) is 0 Å². The maximum Gasteiger partial charge on any atom is 0.123 e. The molecule has 0 aliphatic carbocycles. The second kappa shape index (κ2) is 6.26. The number of halogens is 2. The molecule has 3 rings (SSSR count). The normalized spacial score (nSPS) is 11.4. The molecule has 0 aliphatic rings. The molecular weight excluding hydrogens is 296 g/mol. The zero-order valence-corrected chi connectivity index (χ0v) is 12.3. The van der Waals surface area contributed by atoms with Crippen LogP contribution in [-0.2, 0) is 12.0 Å². The van der Waals surface area contributed by atoms with Crippen LogP contribution in [0.2, 0.25) is 0 Å². The maximum absolute atomic E-state index is 13.2. The quantitative estimate of drug-likeness (QED) is 0.794. The molecule has 116 valence electrons. The fourth-order valence-electron chi connectivity index (χ4n) is 2.62. The Morgan fingerprint density at radius 2 is 1.17 bits per heavy atom. The monoisotopic (exact) mass is 311 g/mol. The van der Waals surface area contributed by atoms with Crippen LogP contribution in [0.5, 0.6) is 0 Å². The standard InChI is InChI=1S/C19H15F2NO/c20-17-5-1-15(2-6-17)19(23,13-14-9-11-22-12-10-14)16-3-7-18(21)8-4-16/h1-12,23H,13H2. The fraction of sp³-hybridized carbons (Fsp3) is 0.105. The third-order valence-electron chi connectivity index (χ3n) is 3.85. The molecule has 0 bridgehead atoms. The summed E-state index contributed by atoms with van der Waals surface area (Å²) >= 11 is 0. The SMILES string of the molecule is OC(Cc1ccncc1)(c1ccc(F)cc1)c1ccc(F)cc1. The summed E-state index contributed by atoms with van der Waals surface area (Å²) in [6, 6.07) is 15.0. The van der Waals surface area contributed by atoms with Gasteiger partial charge in [-0.1, -0.05) is 24.3 Å². The van der Waals surface area contributed by atoms with E-state index in [1.54, 1.807) is 48.8 Å². The Morgan fingerprint density at radius 1 is 0.739 bits per heavy atom. The van der Waals surface area contributed by atoms with Crippen LogP contribution in [0.4, 0.5) is 8.78 Å². The maximum atomic E-state index is 13.2. The second-order valence-corrected chi connectivity index (χ2v) is 5.41. The minimum absolute atomic E-state index is 0.271. The molecule has 4 heteroatoms. The Balaban J connectivity index is 2.08. The van der Waals surface area contributed by atoms with Gasteiger partial charge in [0.05, 0.1) is 0 Å². The lowest BCUT2D eigenvalue weighted by molar-refractivity contribution is 0.0810. The van der Waals surface area contributed by atoms with E-state index in [1.165, 1.54) is 24.3 Å². The van der Waals surface area contributed by atoms with Crippen molar-refractivity contribution in [2.75, 3.05) is 0 Å². The number of pyridine rings is 1. The van der Waals surface area contributed by atoms with E-state index < -0.39 is 5.60 Å². The second-order valence-electron chi connectivity index (χ2n) is 5.41. The number of hydrogen-bond donors (Lipinski definition) is 1. The van der Waals surface area contributed by atoms with Crippen molar-refractivity contribution in [1.29, 1.82) is 0 Å². The van der Waals surface area contributed by atoms with Gasteiger partial charge in [0.1, 0.15) is 17.2 Å². The molecule has 0 unspecified atom stereocenters. The van der Waals surface area contributed by atoms with Gasteiger partial charge in [-0.2, -0.15) is 0 Å². The van der Waals surface area contributed by atoms with E-state index in [-0.39, 0.29) is 18.1 Å². The lowest BCUT2D eigenvalue weighted by Crippen LogP contribution is -2.30. The van der Waals surface area contributed by atoms with Crippen LogP contribution in [0.15, 0.2) is 73.1 Å². The highest BCUT2D eigenvalue weighted by Crippen LogP contribution is 2.33. The molecule has 0 amide bonds. The summed E-state index contributed by atoms with van der Waals surface area (Å²) in [6.45, 7) is 0. The van der Waals surface area contributed by atoms with Gasteiger partial charge in [-0.05, 0) is 53.1 Å². The molecule has 0 aliphatic heterocycles. The van der Waals surface area contributed by atoms with Crippen LogP contribution in [0, 0.1) is 11.6 Å². The van der Waals surface area contributed by atoms with Gasteiger partial charge in [0, 0.05) is 18.8 Å². The largest absolute Gasteiger partial charge is 0.380 e. The summed E-state index contributed by atoms with van der Waals surface area (Å²) < 4.78 is 26.4. The smallest absolute Gasteiger partial charge is 0.123 e. The zero-order chi connectivity index (χ0) is 16.3. The first-order chi connectivity index (χ1) is 11.1. The number of nitrogens with zero attached hydrogens (tertiary/aromatic N) is 1. The van der Waals surface area contributed by atoms with Crippen LogP contribution in [-0.4, -0.2) is 10.1 Å². The van der Waals surface area contributed by atoms with Crippen molar-refractivity contribution in [3.05, 3.63) is 101 Å². The van der Waals surface area contributed by atoms with Gasteiger partial charge in [-0.3, -0.25) is 4.98 Å². The lowest BCUT2D eigenvalue weighted by atomic mass is 9.81. The summed E-state index contributed by atoms with van der Waals surface area (Å²) in [7, 11) is 0. The average molecular weight is 311 g/mol. The highest BCUT2D eigenvalue weighted by Gasteiger charge is 2.32. The Bertz CT molecular complexity index is 725. The number of aliphatic hydroxyl groups is 1. The third-order valence-corrected chi connectivity index (χ3v) is 3.85. The molecule has 0 fully saturated rings. The molecule has 0 atom stereocenters. The molecule has 2 aromatic carbocycles. The molecular formula is C19H15F2NO. The van der Waals surface area contributed by atoms with Gasteiger partial charge < -0.3 is 5.11 Å². The van der Waals surface area contributed by atoms with E-state index >= 15 is 0 Å². The summed E-state index contributed by atoms with van der Waals surface area (Å²) in [5.41, 5.74) is 0.573. The molecule has 2 nitrogen and oxygen atoms in total. The van der Waals surface area contributed by atoms with Crippen molar-refractivity contribution in [3.8, 4) is 0 Å². The Labute approximate surface area is 133 Å². The lowest BCUT2D eigenvalue weighted by Gasteiger charge is -2.29. The van der Waals surface area contributed by atoms with Crippen LogP contribution in [0.3, 0.4) is 0 Å². The zero-order valence-electron chi connectivity index (χ0n) is 12.3. The molecule has 1 heterocycles. The molecule has 0 spiro atoms. The van der Waals surface area contributed by atoms with E-state index in [1.807, 2.05) is 0 Å². The van der Waals surface area contributed by atoms with Gasteiger partial charge in [-0.15, -0.1) is 0 Å². The van der Waals surface area contributed by atoms with Crippen LogP contribution < -0.4 is 0 Å². The van der Waals surface area contributed by atoms with Crippen LogP contribution in [0.25, 0.3) is 0 Å². The first-order valence-corrected chi connectivity index (χ1v) is 7.21. The molecule has 0 saturated heterocycles.